The Morgan fingerprint density at radius 2 is 1.68 bits per heavy atom. The Balaban J connectivity index is 0.00000441. The van der Waals surface area contributed by atoms with Crippen molar-refractivity contribution in [3.63, 3.8) is 0 Å². The maximum atomic E-state index is 11.9. The van der Waals surface area contributed by atoms with Crippen molar-refractivity contribution in [2.24, 2.45) is 0 Å². The van der Waals surface area contributed by atoms with E-state index < -0.39 is 23.5 Å². The van der Waals surface area contributed by atoms with Crippen molar-refractivity contribution >= 4 is 11.9 Å². The van der Waals surface area contributed by atoms with Gasteiger partial charge in [0.15, 0.2) is 0 Å². The molecule has 0 radical (unpaired) electrons. The first-order valence-electron chi connectivity index (χ1n) is 6.79. The molecule has 0 aliphatic heterocycles. The van der Waals surface area contributed by atoms with E-state index in [9.17, 15) is 14.7 Å². The molecule has 1 aromatic carbocycles. The summed E-state index contributed by atoms with van der Waals surface area (Å²) in [5.74, 6) is -2.28. The second kappa shape index (κ2) is 9.15. The van der Waals surface area contributed by atoms with Gasteiger partial charge in [-0.2, -0.15) is 0 Å². The minimum absolute atomic E-state index is 0. The van der Waals surface area contributed by atoms with Crippen LogP contribution in [0, 0.1) is 0 Å². The van der Waals surface area contributed by atoms with E-state index in [2.05, 4.69) is 0 Å². The topological polar surface area (TPSA) is 69.7 Å². The van der Waals surface area contributed by atoms with E-state index in [-0.39, 0.29) is 51.4 Å². The van der Waals surface area contributed by atoms with Crippen LogP contribution in [0.2, 0.25) is 0 Å². The fourth-order valence-corrected chi connectivity index (χ4v) is 1.87. The zero-order valence-corrected chi connectivity index (χ0v) is 17.3. The maximum Gasteiger partial charge on any atom is 1.00 e. The van der Waals surface area contributed by atoms with Crippen LogP contribution in [0.25, 0.3) is 0 Å². The molecular formula is C16H22KNO4. The number of hydrogen-bond donors (Lipinski definition) is 0. The van der Waals surface area contributed by atoms with E-state index in [1.807, 2.05) is 0 Å². The summed E-state index contributed by atoms with van der Waals surface area (Å²) in [6.45, 7) is 5.72. The zero-order chi connectivity index (χ0) is 16.2. The minimum Gasteiger partial charge on any atom is -0.549 e. The Morgan fingerprint density at radius 1 is 1.18 bits per heavy atom. The predicted octanol–water partition coefficient (Wildman–Crippen LogP) is -1.96. The van der Waals surface area contributed by atoms with Gasteiger partial charge in [-0.05, 0) is 52.6 Å². The monoisotopic (exact) mass is 331 g/mol. The molecule has 0 bridgehead atoms. The number of nitrogens with zero attached hydrogens (tertiary/aromatic N) is 1. The Kier molecular flexibility index (Phi) is 9.05. The third-order valence-electron chi connectivity index (χ3n) is 2.78. The van der Waals surface area contributed by atoms with Crippen molar-refractivity contribution in [2.75, 3.05) is 20.6 Å². The average Bonchev–Trinajstić information content (AvgIpc) is 2.33. The summed E-state index contributed by atoms with van der Waals surface area (Å²) in [5, 5.41) is 11.2. The van der Waals surface area contributed by atoms with Crippen molar-refractivity contribution in [1.29, 1.82) is 0 Å². The summed E-state index contributed by atoms with van der Waals surface area (Å²) < 4.78 is 5.26. The standard InChI is InChI=1S/C16H23NO4.K/c1-16(2,3)21-15(20)12-8-6-11(7-9-12)13(14(18)19)10-17(4)5;/h6-9,13H,10H2,1-5H3,(H,18,19);/q;+1/p-1. The van der Waals surface area contributed by atoms with Crippen LogP contribution in [0.5, 0.6) is 0 Å². The van der Waals surface area contributed by atoms with E-state index in [1.165, 1.54) is 0 Å². The summed E-state index contributed by atoms with van der Waals surface area (Å²) in [7, 11) is 3.59. The van der Waals surface area contributed by atoms with E-state index in [1.54, 1.807) is 64.0 Å². The molecule has 1 unspecified atom stereocenters. The SMILES string of the molecule is CN(C)CC(C(=O)[O-])c1ccc(C(=O)OC(C)(C)C)cc1.[K+]. The van der Waals surface area contributed by atoms with Gasteiger partial charge >= 0.3 is 57.4 Å². The number of carboxylic acid groups (broad SMARTS) is 1. The van der Waals surface area contributed by atoms with Gasteiger partial charge in [0, 0.05) is 12.5 Å². The number of likely N-dealkylation sites (N-methyl/N-ethyl adjacent to an activating group) is 1. The van der Waals surface area contributed by atoms with Crippen LogP contribution in [0.3, 0.4) is 0 Å². The Labute approximate surface area is 174 Å². The number of benzene rings is 1. The second-order valence-corrected chi connectivity index (χ2v) is 6.26. The van der Waals surface area contributed by atoms with Gasteiger partial charge in [0.1, 0.15) is 5.60 Å². The first kappa shape index (κ1) is 21.8. The third kappa shape index (κ3) is 7.35. The van der Waals surface area contributed by atoms with Gasteiger partial charge in [-0.3, -0.25) is 0 Å². The van der Waals surface area contributed by atoms with Crippen LogP contribution in [0.4, 0.5) is 0 Å². The van der Waals surface area contributed by atoms with Crippen molar-refractivity contribution in [1.82, 2.24) is 4.90 Å². The van der Waals surface area contributed by atoms with Gasteiger partial charge in [0.05, 0.1) is 11.5 Å². The van der Waals surface area contributed by atoms with Gasteiger partial charge in [-0.15, -0.1) is 0 Å². The van der Waals surface area contributed by atoms with Gasteiger partial charge in [0.25, 0.3) is 0 Å². The van der Waals surface area contributed by atoms with Crippen LogP contribution in [-0.4, -0.2) is 43.1 Å². The number of aliphatic carboxylic acids is 1. The van der Waals surface area contributed by atoms with Gasteiger partial charge < -0.3 is 19.5 Å². The first-order valence-corrected chi connectivity index (χ1v) is 6.79. The Morgan fingerprint density at radius 3 is 2.05 bits per heavy atom. The molecule has 0 saturated carbocycles. The fourth-order valence-electron chi connectivity index (χ4n) is 1.87. The smallest absolute Gasteiger partial charge is 0.549 e. The van der Waals surface area contributed by atoms with Crippen LogP contribution < -0.4 is 56.5 Å². The molecule has 116 valence electrons. The average molecular weight is 331 g/mol. The zero-order valence-electron chi connectivity index (χ0n) is 14.2. The quantitative estimate of drug-likeness (QED) is 0.463. The summed E-state index contributed by atoms with van der Waals surface area (Å²) in [5.41, 5.74) is 0.445. The molecule has 22 heavy (non-hydrogen) atoms. The van der Waals surface area contributed by atoms with Crippen molar-refractivity contribution < 1.29 is 70.8 Å². The summed E-state index contributed by atoms with van der Waals surface area (Å²) in [6, 6.07) is 6.41. The molecule has 6 heteroatoms. The molecule has 0 fully saturated rings. The normalized spacial score (nSPS) is 12.5. The molecule has 5 nitrogen and oxygen atoms in total. The molecule has 0 spiro atoms. The van der Waals surface area contributed by atoms with Gasteiger partial charge in [-0.25, -0.2) is 4.79 Å². The van der Waals surface area contributed by atoms with Gasteiger partial charge in [-0.1, -0.05) is 12.1 Å². The number of ether oxygens (including phenoxy) is 1. The second-order valence-electron chi connectivity index (χ2n) is 6.26. The molecule has 0 heterocycles. The molecular weight excluding hydrogens is 309 g/mol. The summed E-state index contributed by atoms with van der Waals surface area (Å²) >= 11 is 0. The van der Waals surface area contributed by atoms with Crippen LogP contribution in [0.15, 0.2) is 24.3 Å². The molecule has 0 amide bonds. The molecule has 0 saturated heterocycles. The summed E-state index contributed by atoms with van der Waals surface area (Å²) in [6.07, 6.45) is 0. The minimum atomic E-state index is -1.13. The van der Waals surface area contributed by atoms with E-state index in [0.29, 0.717) is 17.7 Å². The Hall–Kier alpha value is -0.244. The van der Waals surface area contributed by atoms with Crippen LogP contribution in [-0.2, 0) is 9.53 Å². The largest absolute Gasteiger partial charge is 1.00 e. The summed E-state index contributed by atoms with van der Waals surface area (Å²) in [4.78, 5) is 24.9. The maximum absolute atomic E-state index is 11.9. The van der Waals surface area contributed by atoms with Crippen molar-refractivity contribution in [3.05, 3.63) is 35.4 Å². The van der Waals surface area contributed by atoms with Crippen molar-refractivity contribution in [2.45, 2.75) is 32.3 Å². The predicted molar refractivity (Wildman–Crippen MR) is 77.9 cm³/mol. The molecule has 0 N–H and O–H groups in total. The number of carbonyl (C=O) groups excluding carboxylic acids is 2. The van der Waals surface area contributed by atoms with E-state index >= 15 is 0 Å². The van der Waals surface area contributed by atoms with Crippen LogP contribution in [0.1, 0.15) is 42.6 Å². The van der Waals surface area contributed by atoms with E-state index in [0.717, 1.165) is 0 Å². The molecule has 0 aliphatic rings. The number of rotatable bonds is 5. The van der Waals surface area contributed by atoms with Crippen LogP contribution >= 0.6 is 0 Å². The van der Waals surface area contributed by atoms with Gasteiger partial charge in [0.2, 0.25) is 0 Å². The molecule has 0 aromatic heterocycles. The number of carboxylic acids is 1. The van der Waals surface area contributed by atoms with Crippen molar-refractivity contribution in [3.8, 4) is 0 Å². The third-order valence-corrected chi connectivity index (χ3v) is 2.78. The number of esters is 1. The molecule has 0 aliphatic carbocycles. The molecule has 1 atom stereocenters. The molecule has 1 aromatic rings. The fraction of sp³-hybridized carbons (Fsp3) is 0.500. The number of carbonyl (C=O) groups is 2. The number of hydrogen-bond acceptors (Lipinski definition) is 5. The molecule has 1 rings (SSSR count). The Bertz CT molecular complexity index is 506. The first-order chi connectivity index (χ1) is 9.60. The van der Waals surface area contributed by atoms with E-state index in [4.69, 9.17) is 4.74 Å².